The molecule has 1 aliphatic heterocycles. The normalized spacial score (nSPS) is 23.0. The number of hydrogen-bond acceptors (Lipinski definition) is 5. The zero-order valence-corrected chi connectivity index (χ0v) is 28.2. The summed E-state index contributed by atoms with van der Waals surface area (Å²) in [6.45, 7) is 4.86. The molecule has 248 valence electrons. The van der Waals surface area contributed by atoms with E-state index in [0.29, 0.717) is 17.8 Å². The number of aromatic nitrogens is 2. The van der Waals surface area contributed by atoms with E-state index in [2.05, 4.69) is 58.5 Å². The Kier molecular flexibility index (Phi) is 10.2. The highest BCUT2D eigenvalue weighted by atomic mass is 16.3. The molecule has 1 saturated heterocycles. The second-order valence-corrected chi connectivity index (χ2v) is 14.7. The number of carbonyl (C=O) groups excluding carboxylic acids is 1. The molecule has 0 radical (unpaired) electrons. The maximum Gasteiger partial charge on any atom is 0.256 e. The average Bonchev–Trinajstić information content (AvgIpc) is 3.05. The van der Waals surface area contributed by atoms with E-state index in [4.69, 9.17) is 4.98 Å². The number of fused-ring (bicyclic) bond motifs is 3. The van der Waals surface area contributed by atoms with E-state index in [1.807, 2.05) is 18.6 Å². The maximum atomic E-state index is 14.4. The third-order valence-electron chi connectivity index (χ3n) is 11.6. The first kappa shape index (κ1) is 32.2. The summed E-state index contributed by atoms with van der Waals surface area (Å²) in [5.41, 5.74) is 9.85. The zero-order valence-electron chi connectivity index (χ0n) is 28.2. The number of amides is 1. The molecule has 2 unspecified atom stereocenters. The topological polar surface area (TPSA) is 78.4 Å². The first-order valence-electron chi connectivity index (χ1n) is 18.5. The molecule has 1 amide bonds. The summed E-state index contributed by atoms with van der Waals surface area (Å²) in [4.78, 5) is 26.3. The van der Waals surface area contributed by atoms with Gasteiger partial charge in [0.25, 0.3) is 5.91 Å². The third-order valence-corrected chi connectivity index (χ3v) is 11.6. The maximum absolute atomic E-state index is 14.4. The molecule has 0 bridgehead atoms. The summed E-state index contributed by atoms with van der Waals surface area (Å²) < 4.78 is 0. The molecule has 6 heteroatoms. The molecule has 3 aliphatic carbocycles. The van der Waals surface area contributed by atoms with Crippen LogP contribution in [0.4, 0.5) is 5.69 Å². The molecular weight excluding hydrogens is 580 g/mol. The molecule has 2 atom stereocenters. The van der Waals surface area contributed by atoms with Gasteiger partial charge in [-0.1, -0.05) is 56.7 Å². The molecule has 47 heavy (non-hydrogen) atoms. The monoisotopic (exact) mass is 632 g/mol. The van der Waals surface area contributed by atoms with Crippen molar-refractivity contribution in [2.45, 2.75) is 121 Å². The minimum Gasteiger partial charge on any atom is -0.393 e. The molecule has 3 fully saturated rings. The number of nitrogens with one attached hydrogen (secondary N) is 1. The quantitative estimate of drug-likeness (QED) is 0.272. The van der Waals surface area contributed by atoms with Gasteiger partial charge in [0.2, 0.25) is 0 Å². The largest absolute Gasteiger partial charge is 0.393 e. The number of anilines is 1. The van der Waals surface area contributed by atoms with Crippen LogP contribution in [0.25, 0.3) is 16.7 Å². The van der Waals surface area contributed by atoms with Crippen molar-refractivity contribution in [1.82, 2.24) is 14.9 Å². The lowest BCUT2D eigenvalue weighted by molar-refractivity contribution is -0.111. The zero-order chi connectivity index (χ0) is 32.2. The third kappa shape index (κ3) is 7.39. The fourth-order valence-electron chi connectivity index (χ4n) is 8.64. The van der Waals surface area contributed by atoms with Crippen molar-refractivity contribution >= 4 is 17.2 Å². The Labute approximate surface area is 281 Å². The van der Waals surface area contributed by atoms with Crippen LogP contribution in [0.1, 0.15) is 131 Å². The van der Waals surface area contributed by atoms with Gasteiger partial charge in [0.05, 0.1) is 18.0 Å². The molecule has 2 aromatic heterocycles. The predicted molar refractivity (Wildman–Crippen MR) is 190 cm³/mol. The number of rotatable bonds is 7. The fraction of sp³-hybridized carbons (Fsp3) is 0.537. The molecule has 2 N–H and O–H groups in total. The van der Waals surface area contributed by atoms with Gasteiger partial charge in [-0.15, -0.1) is 0 Å². The number of allylic oxidation sites excluding steroid dienone is 1. The van der Waals surface area contributed by atoms with E-state index in [0.717, 1.165) is 79.7 Å². The van der Waals surface area contributed by atoms with Crippen LogP contribution in [0.3, 0.4) is 0 Å². The highest BCUT2D eigenvalue weighted by Gasteiger charge is 2.37. The van der Waals surface area contributed by atoms with Crippen LogP contribution < -0.4 is 5.32 Å². The second-order valence-electron chi connectivity index (χ2n) is 14.7. The first-order chi connectivity index (χ1) is 23.1. The van der Waals surface area contributed by atoms with E-state index in [1.165, 1.54) is 80.2 Å². The van der Waals surface area contributed by atoms with E-state index < -0.39 is 0 Å². The van der Waals surface area contributed by atoms with E-state index in [1.54, 1.807) is 0 Å². The summed E-state index contributed by atoms with van der Waals surface area (Å²) in [7, 11) is 0. The molecule has 6 nitrogen and oxygen atoms in total. The van der Waals surface area contributed by atoms with Gasteiger partial charge in [-0.3, -0.25) is 19.7 Å². The molecule has 3 aromatic rings. The number of aliphatic hydroxyl groups excluding tert-OH is 1. The lowest BCUT2D eigenvalue weighted by atomic mass is 9.64. The summed E-state index contributed by atoms with van der Waals surface area (Å²) in [5, 5.41) is 13.2. The number of nitrogens with zero attached hydrogens (tertiary/aromatic N) is 3. The van der Waals surface area contributed by atoms with Crippen LogP contribution >= 0.6 is 0 Å². The fourth-order valence-corrected chi connectivity index (χ4v) is 8.64. The summed E-state index contributed by atoms with van der Waals surface area (Å²) >= 11 is 0. The van der Waals surface area contributed by atoms with Gasteiger partial charge in [-0.25, -0.2) is 0 Å². The van der Waals surface area contributed by atoms with Crippen molar-refractivity contribution in [2.24, 2.45) is 5.92 Å². The molecule has 7 rings (SSSR count). The Hall–Kier alpha value is -3.35. The Morgan fingerprint density at radius 3 is 2.40 bits per heavy atom. The molecular formula is C41H52N4O2. The Morgan fingerprint density at radius 2 is 1.68 bits per heavy atom. The molecule has 3 heterocycles. The number of piperidine rings is 1. The van der Waals surface area contributed by atoms with Crippen LogP contribution in [0.2, 0.25) is 0 Å². The lowest BCUT2D eigenvalue weighted by Gasteiger charge is -2.40. The average molecular weight is 633 g/mol. The van der Waals surface area contributed by atoms with Crippen molar-refractivity contribution in [1.29, 1.82) is 0 Å². The minimum absolute atomic E-state index is 0.0160. The van der Waals surface area contributed by atoms with E-state index in [-0.39, 0.29) is 12.0 Å². The summed E-state index contributed by atoms with van der Waals surface area (Å²) in [6, 6.07) is 13.3. The van der Waals surface area contributed by atoms with Crippen molar-refractivity contribution in [3.05, 3.63) is 82.9 Å². The Morgan fingerprint density at radius 1 is 0.872 bits per heavy atom. The number of benzene rings is 1. The standard InChI is InChI=1S/C41H52N4O2/c1-2-29-10-11-30-12-15-36(30)37-16-13-32(33-22-28(24-42-25-33)27-45-20-18-35(46)19-21-45)23-38(37)40(29)41(47)44-34-14-17-39(43-26-34)31-8-6-4-3-5-7-9-31/h13-14,16-17,22-26,30-31,35-36,46H,2-12,15,18-21,27H2,1H3,(H,44,47). The molecule has 0 spiro atoms. The Balaban J connectivity index is 1.17. The van der Waals surface area contributed by atoms with E-state index >= 15 is 0 Å². The first-order valence-corrected chi connectivity index (χ1v) is 18.5. The number of pyridine rings is 2. The SMILES string of the molecule is CCC1=C(C(=O)Nc2ccc(C3CCCCCCC3)nc2)c2cc(-c3cncc(CN4CCC(O)CC4)c3)ccc2C2CCC2CC1. The van der Waals surface area contributed by atoms with Crippen molar-refractivity contribution in [2.75, 3.05) is 18.4 Å². The number of hydrogen-bond donors (Lipinski definition) is 2. The lowest BCUT2D eigenvalue weighted by Crippen LogP contribution is -2.35. The Bertz CT molecular complexity index is 1560. The molecule has 1 aromatic carbocycles. The number of likely N-dealkylation sites (tertiary alicyclic amines) is 1. The van der Waals surface area contributed by atoms with Gasteiger partial charge in [-0.2, -0.15) is 0 Å². The van der Waals surface area contributed by atoms with E-state index in [9.17, 15) is 9.90 Å². The molecule has 2 saturated carbocycles. The predicted octanol–water partition coefficient (Wildman–Crippen LogP) is 9.02. The van der Waals surface area contributed by atoms with Gasteiger partial charge in [0, 0.05) is 54.8 Å². The number of aliphatic hydroxyl groups is 1. The minimum atomic E-state index is -0.173. The van der Waals surface area contributed by atoms with Gasteiger partial charge in [-0.05, 0) is 116 Å². The van der Waals surface area contributed by atoms with Gasteiger partial charge in [0.1, 0.15) is 0 Å². The van der Waals surface area contributed by atoms with Crippen LogP contribution in [0.5, 0.6) is 0 Å². The molecule has 4 aliphatic rings. The van der Waals surface area contributed by atoms with Crippen LogP contribution in [-0.2, 0) is 11.3 Å². The highest BCUT2D eigenvalue weighted by molar-refractivity contribution is 6.26. The number of carbonyl (C=O) groups is 1. The highest BCUT2D eigenvalue weighted by Crippen LogP contribution is 2.50. The van der Waals surface area contributed by atoms with Crippen molar-refractivity contribution in [3.8, 4) is 11.1 Å². The van der Waals surface area contributed by atoms with Gasteiger partial charge >= 0.3 is 0 Å². The van der Waals surface area contributed by atoms with Crippen LogP contribution in [0, 0.1) is 5.92 Å². The smallest absolute Gasteiger partial charge is 0.256 e. The van der Waals surface area contributed by atoms with Crippen molar-refractivity contribution < 1.29 is 9.90 Å². The summed E-state index contributed by atoms with van der Waals surface area (Å²) in [5.74, 6) is 1.73. The second kappa shape index (κ2) is 14.8. The summed E-state index contributed by atoms with van der Waals surface area (Å²) in [6.07, 6.45) is 21.8. The van der Waals surface area contributed by atoms with Gasteiger partial charge in [0.15, 0.2) is 0 Å². The van der Waals surface area contributed by atoms with Crippen LogP contribution in [0.15, 0.2) is 60.6 Å². The van der Waals surface area contributed by atoms with Crippen LogP contribution in [-0.4, -0.2) is 45.1 Å². The van der Waals surface area contributed by atoms with Crippen molar-refractivity contribution in [3.63, 3.8) is 0 Å². The van der Waals surface area contributed by atoms with Gasteiger partial charge < -0.3 is 10.4 Å².